The molecule has 0 bridgehead atoms. The van der Waals surface area contributed by atoms with Crippen molar-refractivity contribution in [2.45, 2.75) is 56.5 Å². The summed E-state index contributed by atoms with van der Waals surface area (Å²) in [6, 6.07) is 11.0. The highest BCUT2D eigenvalue weighted by Crippen LogP contribution is 2.43. The fraction of sp³-hybridized carbons (Fsp3) is 0.417. The van der Waals surface area contributed by atoms with Gasteiger partial charge in [-0.3, -0.25) is 19.4 Å². The maximum atomic E-state index is 12.8. The molecular formula is C24H24F6N2O4. The van der Waals surface area contributed by atoms with Crippen LogP contribution in [0.15, 0.2) is 60.7 Å². The maximum Gasteiger partial charge on any atom is 0.406 e. The fourth-order valence-corrected chi connectivity index (χ4v) is 4.04. The number of carboxylic acids is 1. The van der Waals surface area contributed by atoms with E-state index in [1.807, 2.05) is 0 Å². The zero-order valence-corrected chi connectivity index (χ0v) is 19.0. The fourth-order valence-electron chi connectivity index (χ4n) is 4.04. The first-order chi connectivity index (χ1) is 16.9. The van der Waals surface area contributed by atoms with E-state index in [-0.39, 0.29) is 19.7 Å². The van der Waals surface area contributed by atoms with Crippen LogP contribution in [0.2, 0.25) is 0 Å². The van der Waals surface area contributed by atoms with Gasteiger partial charge < -0.3 is 9.84 Å². The highest BCUT2D eigenvalue weighted by Gasteiger charge is 2.67. The summed E-state index contributed by atoms with van der Waals surface area (Å²) < 4.78 is 80.6. The second-order valence-corrected chi connectivity index (χ2v) is 8.27. The number of benzene rings is 2. The Bertz CT molecular complexity index is 1030. The van der Waals surface area contributed by atoms with Gasteiger partial charge in [0, 0.05) is 13.1 Å². The van der Waals surface area contributed by atoms with Gasteiger partial charge in [-0.05, 0) is 18.1 Å². The molecule has 2 unspecified atom stereocenters. The first kappa shape index (κ1) is 27.5. The van der Waals surface area contributed by atoms with E-state index in [1.54, 1.807) is 67.6 Å². The van der Waals surface area contributed by atoms with E-state index >= 15 is 0 Å². The smallest absolute Gasteiger partial charge is 0.406 e. The van der Waals surface area contributed by atoms with Crippen LogP contribution in [0.5, 0.6) is 0 Å². The van der Waals surface area contributed by atoms with Crippen molar-refractivity contribution in [3.8, 4) is 0 Å². The number of alkyl halides is 6. The lowest BCUT2D eigenvalue weighted by Crippen LogP contribution is -2.24. The average Bonchev–Trinajstić information content (AvgIpc) is 3.69. The van der Waals surface area contributed by atoms with Crippen LogP contribution in [0.4, 0.5) is 26.3 Å². The number of aliphatic carboxylic acids is 1. The maximum absolute atomic E-state index is 12.8. The van der Waals surface area contributed by atoms with Crippen molar-refractivity contribution in [3.05, 3.63) is 71.8 Å². The summed E-state index contributed by atoms with van der Waals surface area (Å²) >= 11 is 0. The summed E-state index contributed by atoms with van der Waals surface area (Å²) in [5.74, 6) is -2.23. The Labute approximate surface area is 203 Å². The van der Waals surface area contributed by atoms with Crippen LogP contribution in [0, 0.1) is 0 Å². The summed E-state index contributed by atoms with van der Waals surface area (Å²) in [5.41, 5.74) is 1.41. The Hall–Kier alpha value is -3.12. The molecule has 0 aromatic heterocycles. The minimum atomic E-state index is -4.49. The van der Waals surface area contributed by atoms with Crippen LogP contribution >= 0.6 is 0 Å². The van der Waals surface area contributed by atoms with Gasteiger partial charge in [0.2, 0.25) is 0 Å². The largest absolute Gasteiger partial charge is 0.480 e. The molecule has 1 N–H and O–H groups in total. The van der Waals surface area contributed by atoms with Gasteiger partial charge in [0.25, 0.3) is 0 Å². The first-order valence-electron chi connectivity index (χ1n) is 11.0. The molecule has 0 spiro atoms. The monoisotopic (exact) mass is 518 g/mol. The number of esters is 1. The SMILES string of the molecule is CCOC(=O)[C@H]1[C@H](C(F)(F)F)N1Cc1ccccc1.O=C(O)[C@@H]1[C@@H](C(F)(F)F)N1Cc1ccccc1. The van der Waals surface area contributed by atoms with Crippen LogP contribution in [0.3, 0.4) is 0 Å². The van der Waals surface area contributed by atoms with Gasteiger partial charge in [-0.25, -0.2) is 0 Å². The van der Waals surface area contributed by atoms with E-state index in [0.717, 1.165) is 15.4 Å². The van der Waals surface area contributed by atoms with Crippen LogP contribution in [-0.4, -0.2) is 70.0 Å². The van der Waals surface area contributed by atoms with Gasteiger partial charge in [-0.2, -0.15) is 26.3 Å². The predicted octanol–water partition coefficient (Wildman–Crippen LogP) is 4.25. The molecule has 2 aromatic rings. The van der Waals surface area contributed by atoms with Crippen molar-refractivity contribution in [1.29, 1.82) is 0 Å². The van der Waals surface area contributed by atoms with Gasteiger partial charge in [-0.1, -0.05) is 60.7 Å². The Kier molecular flexibility index (Phi) is 8.29. The third-order valence-electron chi connectivity index (χ3n) is 5.72. The molecule has 0 saturated carbocycles. The highest BCUT2D eigenvalue weighted by atomic mass is 19.4. The molecule has 6 nitrogen and oxygen atoms in total. The van der Waals surface area contributed by atoms with Crippen molar-refractivity contribution < 1.29 is 45.8 Å². The molecule has 2 aliphatic heterocycles. The van der Waals surface area contributed by atoms with Crippen LogP contribution in [-0.2, 0) is 27.4 Å². The number of halogens is 6. The van der Waals surface area contributed by atoms with Crippen molar-refractivity contribution in [2.24, 2.45) is 0 Å². The van der Waals surface area contributed by atoms with E-state index < -0.39 is 48.5 Å². The number of nitrogens with zero attached hydrogens (tertiary/aromatic N) is 2. The van der Waals surface area contributed by atoms with Crippen LogP contribution < -0.4 is 0 Å². The third-order valence-corrected chi connectivity index (χ3v) is 5.72. The number of rotatable bonds is 7. The standard InChI is InChI=1S/C13H14F3NO2.C11H10F3NO2/c1-2-19-12(18)10-11(13(14,15)16)17(10)8-9-6-4-3-5-7-9;12-11(13,14)9-8(10(16)17)15(9)6-7-4-2-1-3-5-7/h3-7,10-11H,2,8H2,1H3;1-5,8-9H,6H2,(H,16,17)/t10-,11-,17?;8-,9-,15?/m10/s1. The second kappa shape index (κ2) is 10.9. The number of carbonyl (C=O) groups excluding carboxylic acids is 1. The van der Waals surface area contributed by atoms with Gasteiger partial charge in [0.05, 0.1) is 6.61 Å². The minimum Gasteiger partial charge on any atom is -0.480 e. The molecule has 0 amide bonds. The topological polar surface area (TPSA) is 69.6 Å². The predicted molar refractivity (Wildman–Crippen MR) is 116 cm³/mol. The molecule has 4 rings (SSSR count). The molecule has 36 heavy (non-hydrogen) atoms. The molecule has 2 aromatic carbocycles. The van der Waals surface area contributed by atoms with Crippen LogP contribution in [0.25, 0.3) is 0 Å². The van der Waals surface area contributed by atoms with E-state index in [9.17, 15) is 35.9 Å². The molecule has 196 valence electrons. The molecule has 2 saturated heterocycles. The minimum absolute atomic E-state index is 0.00197. The third kappa shape index (κ3) is 6.76. The average molecular weight is 518 g/mol. The Balaban J connectivity index is 0.000000202. The van der Waals surface area contributed by atoms with Crippen molar-refractivity contribution in [3.63, 3.8) is 0 Å². The number of ether oxygens (including phenoxy) is 1. The lowest BCUT2D eigenvalue weighted by Gasteiger charge is -2.06. The van der Waals surface area contributed by atoms with Gasteiger partial charge >= 0.3 is 24.3 Å². The zero-order valence-electron chi connectivity index (χ0n) is 19.0. The lowest BCUT2D eigenvalue weighted by atomic mass is 10.2. The summed E-state index contributed by atoms with van der Waals surface area (Å²) in [4.78, 5) is 24.2. The highest BCUT2D eigenvalue weighted by molar-refractivity contribution is 5.80. The number of carboxylic acid groups (broad SMARTS) is 1. The molecule has 0 radical (unpaired) electrons. The van der Waals surface area contributed by atoms with Crippen molar-refractivity contribution >= 4 is 11.9 Å². The summed E-state index contributed by atoms with van der Waals surface area (Å²) in [7, 11) is 0. The number of hydrogen-bond acceptors (Lipinski definition) is 5. The Morgan fingerprint density at radius 1 is 0.778 bits per heavy atom. The normalized spacial score (nSPS) is 26.9. The summed E-state index contributed by atoms with van der Waals surface area (Å²) in [5, 5.41) is 8.69. The Morgan fingerprint density at radius 3 is 1.50 bits per heavy atom. The first-order valence-corrected chi connectivity index (χ1v) is 11.0. The molecular weight excluding hydrogens is 494 g/mol. The van der Waals surface area contributed by atoms with Crippen LogP contribution in [0.1, 0.15) is 18.1 Å². The second-order valence-electron chi connectivity index (χ2n) is 8.27. The zero-order chi connectivity index (χ0) is 26.7. The summed E-state index contributed by atoms with van der Waals surface area (Å²) in [6.07, 6.45) is -8.90. The van der Waals surface area contributed by atoms with Gasteiger partial charge in [0.15, 0.2) is 0 Å². The quantitative estimate of drug-likeness (QED) is 0.336. The molecule has 2 heterocycles. The number of hydrogen-bond donors (Lipinski definition) is 1. The van der Waals surface area contributed by atoms with E-state index in [2.05, 4.69) is 4.74 Å². The van der Waals surface area contributed by atoms with Crippen molar-refractivity contribution in [2.75, 3.05) is 6.61 Å². The van der Waals surface area contributed by atoms with Gasteiger partial charge in [-0.15, -0.1) is 0 Å². The molecule has 2 aliphatic rings. The molecule has 6 atom stereocenters. The van der Waals surface area contributed by atoms with E-state index in [1.165, 1.54) is 0 Å². The Morgan fingerprint density at radius 2 is 1.17 bits per heavy atom. The van der Waals surface area contributed by atoms with Crippen molar-refractivity contribution in [1.82, 2.24) is 9.80 Å². The summed E-state index contributed by atoms with van der Waals surface area (Å²) in [6.45, 7) is 1.75. The lowest BCUT2D eigenvalue weighted by molar-refractivity contribution is -0.149. The number of carbonyl (C=O) groups is 2. The molecule has 2 fully saturated rings. The molecule has 12 heteroatoms. The van der Waals surface area contributed by atoms with E-state index in [4.69, 9.17) is 5.11 Å². The molecule has 0 aliphatic carbocycles. The van der Waals surface area contributed by atoms with E-state index in [0.29, 0.717) is 5.56 Å². The van der Waals surface area contributed by atoms with Gasteiger partial charge in [0.1, 0.15) is 24.2 Å².